The Morgan fingerprint density at radius 1 is 0.953 bits per heavy atom. The predicted octanol–water partition coefficient (Wildman–Crippen LogP) is 6.68. The van der Waals surface area contributed by atoms with Gasteiger partial charge in [-0.3, -0.25) is 14.4 Å². The second-order valence-electron chi connectivity index (χ2n) is 11.4. The molecule has 1 heterocycles. The van der Waals surface area contributed by atoms with Crippen LogP contribution in [-0.2, 0) is 45.5 Å². The molecule has 4 aromatic rings. The lowest BCUT2D eigenvalue weighted by Gasteiger charge is -2.41. The molecule has 43 heavy (non-hydrogen) atoms. The summed E-state index contributed by atoms with van der Waals surface area (Å²) in [4.78, 5) is 15.0. The number of rotatable bonds is 7. The summed E-state index contributed by atoms with van der Waals surface area (Å²) >= 11 is 0. The molecule has 1 N–H and O–H groups in total. The van der Waals surface area contributed by atoms with Crippen LogP contribution in [0.25, 0.3) is 0 Å². The van der Waals surface area contributed by atoms with Gasteiger partial charge in [-0.15, -0.1) is 0 Å². The zero-order chi connectivity index (χ0) is 29.3. The molecule has 0 saturated carbocycles. The van der Waals surface area contributed by atoms with E-state index in [4.69, 9.17) is 9.47 Å². The van der Waals surface area contributed by atoms with E-state index in [1.165, 1.54) is 18.1 Å². The van der Waals surface area contributed by atoms with Gasteiger partial charge in [-0.2, -0.15) is 0 Å². The predicted molar refractivity (Wildman–Crippen MR) is 168 cm³/mol. The minimum Gasteiger partial charge on any atom is -0.489 e. The van der Waals surface area contributed by atoms with Gasteiger partial charge in [0.1, 0.15) is 18.5 Å². The Morgan fingerprint density at radius 3 is 2.35 bits per heavy atom. The second kappa shape index (κ2) is 12.2. The first-order valence-electron chi connectivity index (χ1n) is 14.1. The summed E-state index contributed by atoms with van der Waals surface area (Å²) in [6, 6.07) is 30.7. The third-order valence-corrected chi connectivity index (χ3v) is 9.53. The van der Waals surface area contributed by atoms with Gasteiger partial charge in [0.25, 0.3) is 10.0 Å². The molecular weight excluding hydrogens is 560 g/mol. The van der Waals surface area contributed by atoms with E-state index in [0.717, 1.165) is 24.0 Å². The number of carbonyl (C=O) groups excluding carboxylic acids is 1. The lowest BCUT2D eigenvalue weighted by atomic mass is 9.93. The molecule has 224 valence electrons. The van der Waals surface area contributed by atoms with E-state index < -0.39 is 22.1 Å². The average Bonchev–Trinajstić information content (AvgIpc) is 3.33. The molecule has 8 heteroatoms. The zero-order valence-electron chi connectivity index (χ0n) is 23.7. The van der Waals surface area contributed by atoms with E-state index in [1.54, 1.807) is 36.4 Å². The second-order valence-corrected chi connectivity index (χ2v) is 13.1. The smallest absolute Gasteiger partial charge is 0.303 e. The van der Waals surface area contributed by atoms with Crippen molar-refractivity contribution in [3.05, 3.63) is 125 Å². The Labute approximate surface area is 254 Å². The van der Waals surface area contributed by atoms with Crippen LogP contribution in [0.3, 0.4) is 0 Å². The van der Waals surface area contributed by atoms with Crippen molar-refractivity contribution in [2.45, 2.75) is 63.8 Å². The third kappa shape index (κ3) is 6.60. The van der Waals surface area contributed by atoms with Gasteiger partial charge in [-0.1, -0.05) is 74.2 Å². The van der Waals surface area contributed by atoms with Crippen LogP contribution in [0.15, 0.2) is 102 Å². The molecule has 1 aliphatic heterocycles. The summed E-state index contributed by atoms with van der Waals surface area (Å²) in [7, 11) is -3.90. The van der Waals surface area contributed by atoms with E-state index in [2.05, 4.69) is 52.9 Å². The first kappa shape index (κ1) is 30.3. The van der Waals surface area contributed by atoms with Gasteiger partial charge in [0.05, 0.1) is 10.6 Å². The van der Waals surface area contributed by atoms with E-state index in [1.807, 2.05) is 24.3 Å². The van der Waals surface area contributed by atoms with Crippen LogP contribution in [-0.4, -0.2) is 31.4 Å². The van der Waals surface area contributed by atoms with Crippen molar-refractivity contribution >= 4 is 21.7 Å². The molecule has 1 atom stereocenters. The Kier molecular flexibility index (Phi) is 8.62. The maximum atomic E-state index is 13.5. The van der Waals surface area contributed by atoms with Crippen LogP contribution < -0.4 is 9.46 Å². The van der Waals surface area contributed by atoms with Crippen LogP contribution in [0.4, 0.5) is 5.69 Å². The summed E-state index contributed by atoms with van der Waals surface area (Å²) in [6.07, 6.45) is 0.962. The van der Waals surface area contributed by atoms with Crippen molar-refractivity contribution in [1.82, 2.24) is 4.90 Å². The standard InChI is InChI=1S/C34H34N2O5S.CH4/c1-24(37)41-33(31-16-15-29-18-32(31)35-42(38,39)30-14-8-11-26(17-30)23-40-29)22-36(21-25-9-4-3-5-10-25)34(2)19-27-12-6-7-13-28(27)20-34;/h3-18,33,35H,19-23H2,1-2H3;1H4/t33-;/m0./s1. The molecule has 0 saturated heterocycles. The highest BCUT2D eigenvalue weighted by Gasteiger charge is 2.40. The number of esters is 1. The maximum Gasteiger partial charge on any atom is 0.303 e. The minimum atomic E-state index is -3.90. The largest absolute Gasteiger partial charge is 0.489 e. The van der Waals surface area contributed by atoms with Gasteiger partial charge in [0.2, 0.25) is 0 Å². The van der Waals surface area contributed by atoms with Gasteiger partial charge in [0, 0.05) is 37.2 Å². The van der Waals surface area contributed by atoms with Gasteiger partial charge in [0.15, 0.2) is 0 Å². The van der Waals surface area contributed by atoms with Crippen molar-refractivity contribution in [3.8, 4) is 5.75 Å². The summed E-state index contributed by atoms with van der Waals surface area (Å²) in [6.45, 7) is 4.87. The SMILES string of the molecule is C.CC(=O)O[C@@H](CN(Cc1ccccc1)C1(C)Cc2ccccc2C1)c1ccc2cc1NS(=O)(=O)c1cccc(c1)CO2. The molecule has 0 radical (unpaired) electrons. The molecular formula is C35H38N2O5S. The van der Waals surface area contributed by atoms with Gasteiger partial charge in [-0.25, -0.2) is 8.42 Å². The topological polar surface area (TPSA) is 84.9 Å². The van der Waals surface area contributed by atoms with E-state index in [0.29, 0.717) is 30.1 Å². The summed E-state index contributed by atoms with van der Waals surface area (Å²) in [5, 5.41) is 0. The summed E-state index contributed by atoms with van der Waals surface area (Å²) < 4.78 is 41.7. The number of sulfonamides is 1. The molecule has 0 fully saturated rings. The zero-order valence-corrected chi connectivity index (χ0v) is 24.6. The molecule has 4 aromatic carbocycles. The highest BCUT2D eigenvalue weighted by atomic mass is 32.2. The van der Waals surface area contributed by atoms with Crippen LogP contribution >= 0.6 is 0 Å². The van der Waals surface area contributed by atoms with Crippen LogP contribution in [0.1, 0.15) is 55.2 Å². The quantitative estimate of drug-likeness (QED) is 0.239. The van der Waals surface area contributed by atoms with E-state index in [-0.39, 0.29) is 24.5 Å². The molecule has 0 amide bonds. The Morgan fingerprint density at radius 2 is 1.65 bits per heavy atom. The van der Waals surface area contributed by atoms with Crippen molar-refractivity contribution < 1.29 is 22.7 Å². The number of hydrogen-bond acceptors (Lipinski definition) is 6. The lowest BCUT2D eigenvalue weighted by Crippen LogP contribution is -2.49. The van der Waals surface area contributed by atoms with E-state index in [9.17, 15) is 13.2 Å². The number of nitrogens with zero attached hydrogens (tertiary/aromatic N) is 1. The van der Waals surface area contributed by atoms with Crippen LogP contribution in [0.5, 0.6) is 5.75 Å². The average molecular weight is 599 g/mol. The Balaban J connectivity index is 0.00000368. The van der Waals surface area contributed by atoms with Crippen molar-refractivity contribution in [2.24, 2.45) is 0 Å². The summed E-state index contributed by atoms with van der Waals surface area (Å²) in [5.41, 5.74) is 5.17. The van der Waals surface area contributed by atoms with Crippen molar-refractivity contribution in [3.63, 3.8) is 0 Å². The number of ether oxygens (including phenoxy) is 2. The molecule has 1 aliphatic carbocycles. The summed E-state index contributed by atoms with van der Waals surface area (Å²) in [5.74, 6) is 0.0761. The number of nitrogens with one attached hydrogen (secondary N) is 1. The fourth-order valence-electron chi connectivity index (χ4n) is 6.06. The Bertz CT molecular complexity index is 1700. The number of anilines is 1. The number of fused-ring (bicyclic) bond motifs is 5. The van der Waals surface area contributed by atoms with Crippen LogP contribution in [0, 0.1) is 0 Å². The monoisotopic (exact) mass is 598 g/mol. The van der Waals surface area contributed by atoms with E-state index >= 15 is 0 Å². The molecule has 0 spiro atoms. The normalized spacial score (nSPS) is 16.5. The highest BCUT2D eigenvalue weighted by molar-refractivity contribution is 7.92. The molecule has 4 bridgehead atoms. The van der Waals surface area contributed by atoms with Crippen molar-refractivity contribution in [1.29, 1.82) is 0 Å². The minimum absolute atomic E-state index is 0. The number of benzene rings is 4. The molecule has 7 nitrogen and oxygen atoms in total. The maximum absolute atomic E-state index is 13.5. The molecule has 0 unspecified atom stereocenters. The van der Waals surface area contributed by atoms with Gasteiger partial charge in [-0.05, 0) is 66.3 Å². The lowest BCUT2D eigenvalue weighted by molar-refractivity contribution is -0.148. The molecule has 0 aromatic heterocycles. The first-order valence-corrected chi connectivity index (χ1v) is 15.6. The molecule has 2 aliphatic rings. The fourth-order valence-corrected chi connectivity index (χ4v) is 7.20. The first-order chi connectivity index (χ1) is 20.2. The van der Waals surface area contributed by atoms with Gasteiger partial charge < -0.3 is 9.47 Å². The fraction of sp³-hybridized carbons (Fsp3) is 0.286. The highest BCUT2D eigenvalue weighted by Crippen LogP contribution is 2.39. The van der Waals surface area contributed by atoms with Crippen molar-refractivity contribution in [2.75, 3.05) is 11.3 Å². The number of carbonyl (C=O) groups is 1. The van der Waals surface area contributed by atoms with Crippen LogP contribution in [0.2, 0.25) is 0 Å². The molecule has 6 rings (SSSR count). The third-order valence-electron chi connectivity index (χ3n) is 8.17. The number of hydrogen-bond donors (Lipinski definition) is 1. The Hall–Kier alpha value is -4.14. The van der Waals surface area contributed by atoms with Gasteiger partial charge >= 0.3 is 5.97 Å².